The second kappa shape index (κ2) is 8.36. The van der Waals surface area contributed by atoms with E-state index in [1.807, 2.05) is 26.0 Å². The van der Waals surface area contributed by atoms with E-state index in [1.54, 1.807) is 36.4 Å². The highest BCUT2D eigenvalue weighted by atomic mass is 35.5. The highest BCUT2D eigenvalue weighted by Gasteiger charge is 2.07. The Hall–Kier alpha value is -2.53. The maximum atomic E-state index is 11.9. The van der Waals surface area contributed by atoms with E-state index in [9.17, 15) is 9.59 Å². The monoisotopic (exact) mass is 345 g/mol. The quantitative estimate of drug-likeness (QED) is 0.741. The second-order valence-electron chi connectivity index (χ2n) is 5.63. The average molecular weight is 346 g/mol. The fourth-order valence-electron chi connectivity index (χ4n) is 1.91. The number of carbonyl (C=O) groups is 2. The third-order valence-electron chi connectivity index (χ3n) is 3.24. The van der Waals surface area contributed by atoms with Gasteiger partial charge in [-0.05, 0) is 42.5 Å². The summed E-state index contributed by atoms with van der Waals surface area (Å²) in [4.78, 5) is 23.6. The molecule has 2 aromatic carbocycles. The summed E-state index contributed by atoms with van der Waals surface area (Å²) >= 11 is 5.89. The standard InChI is InChI=1S/C18H20ClN3O2/c1-12(2)18(24)22-15-8-6-14(7-9-15)21-17(23)11-20-16-5-3-4-13(19)10-16/h3-10,12,20H,11H2,1-2H3,(H,21,23)(H,22,24). The SMILES string of the molecule is CC(C)C(=O)Nc1ccc(NC(=O)CNc2cccc(Cl)c2)cc1. The van der Waals surface area contributed by atoms with Crippen LogP contribution in [0.15, 0.2) is 48.5 Å². The molecule has 0 saturated heterocycles. The van der Waals surface area contributed by atoms with Crippen LogP contribution < -0.4 is 16.0 Å². The molecule has 0 heterocycles. The predicted molar refractivity (Wildman–Crippen MR) is 98.5 cm³/mol. The molecule has 0 aliphatic heterocycles. The van der Waals surface area contributed by atoms with Crippen molar-refractivity contribution in [2.75, 3.05) is 22.5 Å². The Morgan fingerprint density at radius 3 is 2.17 bits per heavy atom. The summed E-state index contributed by atoms with van der Waals surface area (Å²) in [6, 6.07) is 14.2. The Kier molecular flexibility index (Phi) is 6.21. The van der Waals surface area contributed by atoms with Gasteiger partial charge in [0, 0.05) is 28.0 Å². The third kappa shape index (κ3) is 5.59. The lowest BCUT2D eigenvalue weighted by atomic mass is 10.2. The van der Waals surface area contributed by atoms with Crippen molar-refractivity contribution in [2.24, 2.45) is 5.92 Å². The van der Waals surface area contributed by atoms with Crippen LogP contribution in [-0.4, -0.2) is 18.4 Å². The van der Waals surface area contributed by atoms with Gasteiger partial charge in [-0.1, -0.05) is 31.5 Å². The van der Waals surface area contributed by atoms with Gasteiger partial charge < -0.3 is 16.0 Å². The number of hydrogen-bond donors (Lipinski definition) is 3. The highest BCUT2D eigenvalue weighted by Crippen LogP contribution is 2.16. The van der Waals surface area contributed by atoms with Crippen molar-refractivity contribution in [1.29, 1.82) is 0 Å². The largest absolute Gasteiger partial charge is 0.376 e. The van der Waals surface area contributed by atoms with Gasteiger partial charge in [-0.15, -0.1) is 0 Å². The van der Waals surface area contributed by atoms with E-state index >= 15 is 0 Å². The van der Waals surface area contributed by atoms with Crippen molar-refractivity contribution in [3.63, 3.8) is 0 Å². The van der Waals surface area contributed by atoms with Gasteiger partial charge in [-0.3, -0.25) is 9.59 Å². The Morgan fingerprint density at radius 1 is 0.958 bits per heavy atom. The summed E-state index contributed by atoms with van der Waals surface area (Å²) in [5.74, 6) is -0.298. The Balaban J connectivity index is 1.84. The lowest BCUT2D eigenvalue weighted by molar-refractivity contribution is -0.119. The molecule has 2 aromatic rings. The van der Waals surface area contributed by atoms with Gasteiger partial charge in [-0.25, -0.2) is 0 Å². The third-order valence-corrected chi connectivity index (χ3v) is 3.47. The average Bonchev–Trinajstić information content (AvgIpc) is 2.55. The molecule has 6 heteroatoms. The number of nitrogens with one attached hydrogen (secondary N) is 3. The lowest BCUT2D eigenvalue weighted by Gasteiger charge is -2.10. The molecule has 0 fully saturated rings. The number of benzene rings is 2. The first-order valence-corrected chi connectivity index (χ1v) is 8.02. The highest BCUT2D eigenvalue weighted by molar-refractivity contribution is 6.30. The van der Waals surface area contributed by atoms with Crippen LogP contribution >= 0.6 is 11.6 Å². The number of anilines is 3. The zero-order chi connectivity index (χ0) is 17.5. The van der Waals surface area contributed by atoms with Gasteiger partial charge in [-0.2, -0.15) is 0 Å². The van der Waals surface area contributed by atoms with Crippen molar-refractivity contribution in [3.05, 3.63) is 53.6 Å². The summed E-state index contributed by atoms with van der Waals surface area (Å²) in [7, 11) is 0. The molecule has 5 nitrogen and oxygen atoms in total. The molecule has 3 N–H and O–H groups in total. The maximum Gasteiger partial charge on any atom is 0.243 e. The number of amides is 2. The van der Waals surface area contributed by atoms with Crippen LogP contribution in [0.1, 0.15) is 13.8 Å². The van der Waals surface area contributed by atoms with Gasteiger partial charge >= 0.3 is 0 Å². The summed E-state index contributed by atoms with van der Waals surface area (Å²) < 4.78 is 0. The number of hydrogen-bond acceptors (Lipinski definition) is 3. The normalized spacial score (nSPS) is 10.3. The van der Waals surface area contributed by atoms with Crippen LogP contribution in [0.25, 0.3) is 0 Å². The molecule has 0 atom stereocenters. The zero-order valence-electron chi connectivity index (χ0n) is 13.6. The molecule has 0 aromatic heterocycles. The number of rotatable bonds is 6. The van der Waals surface area contributed by atoms with E-state index in [0.29, 0.717) is 16.4 Å². The van der Waals surface area contributed by atoms with Crippen LogP contribution in [0.5, 0.6) is 0 Å². The smallest absolute Gasteiger partial charge is 0.243 e. The van der Waals surface area contributed by atoms with Gasteiger partial charge in [0.25, 0.3) is 0 Å². The summed E-state index contributed by atoms with van der Waals surface area (Å²) in [6.45, 7) is 3.79. The summed E-state index contributed by atoms with van der Waals surface area (Å²) in [5, 5.41) is 9.19. The van der Waals surface area contributed by atoms with Crippen molar-refractivity contribution in [3.8, 4) is 0 Å². The molecule has 0 saturated carbocycles. The van der Waals surface area contributed by atoms with E-state index in [0.717, 1.165) is 5.69 Å². The minimum atomic E-state index is -0.172. The molecule has 0 bridgehead atoms. The van der Waals surface area contributed by atoms with Crippen molar-refractivity contribution in [1.82, 2.24) is 0 Å². The number of carbonyl (C=O) groups excluding carboxylic acids is 2. The van der Waals surface area contributed by atoms with Crippen LogP contribution in [0.3, 0.4) is 0 Å². The van der Waals surface area contributed by atoms with E-state index in [1.165, 1.54) is 0 Å². The molecule has 0 spiro atoms. The fraction of sp³-hybridized carbons (Fsp3) is 0.222. The van der Waals surface area contributed by atoms with Crippen LogP contribution in [-0.2, 0) is 9.59 Å². The molecule has 24 heavy (non-hydrogen) atoms. The fourth-order valence-corrected chi connectivity index (χ4v) is 2.10. The van der Waals surface area contributed by atoms with Crippen LogP contribution in [0.2, 0.25) is 5.02 Å². The molecule has 0 radical (unpaired) electrons. The molecule has 0 aliphatic rings. The predicted octanol–water partition coefficient (Wildman–Crippen LogP) is 3.99. The Labute approximate surface area is 146 Å². The molecule has 2 amide bonds. The first-order chi connectivity index (χ1) is 11.4. The molecular weight excluding hydrogens is 326 g/mol. The topological polar surface area (TPSA) is 70.2 Å². The molecule has 2 rings (SSSR count). The summed E-state index contributed by atoms with van der Waals surface area (Å²) in [6.07, 6.45) is 0. The van der Waals surface area contributed by atoms with Crippen LogP contribution in [0, 0.1) is 5.92 Å². The van der Waals surface area contributed by atoms with E-state index in [-0.39, 0.29) is 24.3 Å². The Bertz CT molecular complexity index is 714. The molecule has 0 aliphatic carbocycles. The Morgan fingerprint density at radius 2 is 1.58 bits per heavy atom. The second-order valence-corrected chi connectivity index (χ2v) is 6.07. The van der Waals surface area contributed by atoms with Crippen molar-refractivity contribution in [2.45, 2.75) is 13.8 Å². The lowest BCUT2D eigenvalue weighted by Crippen LogP contribution is -2.21. The van der Waals surface area contributed by atoms with Crippen molar-refractivity contribution < 1.29 is 9.59 Å². The van der Waals surface area contributed by atoms with Gasteiger partial charge in [0.1, 0.15) is 0 Å². The molecular formula is C18H20ClN3O2. The van der Waals surface area contributed by atoms with Gasteiger partial charge in [0.2, 0.25) is 11.8 Å². The van der Waals surface area contributed by atoms with E-state index < -0.39 is 0 Å². The number of halogens is 1. The van der Waals surface area contributed by atoms with E-state index in [4.69, 9.17) is 11.6 Å². The minimum Gasteiger partial charge on any atom is -0.376 e. The molecule has 126 valence electrons. The minimum absolute atomic E-state index is 0.0440. The van der Waals surface area contributed by atoms with E-state index in [2.05, 4.69) is 16.0 Å². The first kappa shape index (κ1) is 17.8. The van der Waals surface area contributed by atoms with Gasteiger partial charge in [0.15, 0.2) is 0 Å². The van der Waals surface area contributed by atoms with Gasteiger partial charge in [0.05, 0.1) is 6.54 Å². The first-order valence-electron chi connectivity index (χ1n) is 7.64. The molecule has 0 unspecified atom stereocenters. The van der Waals surface area contributed by atoms with Crippen molar-refractivity contribution >= 4 is 40.5 Å². The van der Waals surface area contributed by atoms with Crippen LogP contribution in [0.4, 0.5) is 17.1 Å². The maximum absolute atomic E-state index is 11.9. The summed E-state index contributed by atoms with van der Waals surface area (Å²) in [5.41, 5.74) is 2.14. The zero-order valence-corrected chi connectivity index (χ0v) is 14.4.